The minimum Gasteiger partial charge on any atom is -0.349 e. The highest BCUT2D eigenvalue weighted by atomic mass is 79.9. The fourth-order valence-electron chi connectivity index (χ4n) is 6.46. The quantitative estimate of drug-likeness (QED) is 0.309. The number of alkyl halides is 3. The molecule has 0 radical (unpaired) electrons. The SMILES string of the molecule is O=C(NC1CCN(CCCCC2(C(=O)NCC(F)(F)F)C3=C(CCC=C3)c3ccccc32)CC1)c1ccc(Br)cc1. The van der Waals surface area contributed by atoms with E-state index in [0.717, 1.165) is 78.5 Å². The van der Waals surface area contributed by atoms with Gasteiger partial charge in [0.15, 0.2) is 0 Å². The number of carbonyl (C=O) groups is 2. The molecule has 1 fully saturated rings. The molecule has 9 heteroatoms. The summed E-state index contributed by atoms with van der Waals surface area (Å²) in [6, 6.07) is 15.1. The first kappa shape index (κ1) is 29.6. The predicted molar refractivity (Wildman–Crippen MR) is 157 cm³/mol. The highest BCUT2D eigenvalue weighted by molar-refractivity contribution is 9.10. The number of unbranched alkanes of at least 4 members (excludes halogenated alkanes) is 1. The van der Waals surface area contributed by atoms with Crippen LogP contribution in [0.1, 0.15) is 66.4 Å². The Morgan fingerprint density at radius 2 is 1.76 bits per heavy atom. The summed E-state index contributed by atoms with van der Waals surface area (Å²) in [6.45, 7) is 1.24. The predicted octanol–water partition coefficient (Wildman–Crippen LogP) is 6.55. The number of benzene rings is 2. The summed E-state index contributed by atoms with van der Waals surface area (Å²) in [5.74, 6) is -0.631. The van der Waals surface area contributed by atoms with Crippen molar-refractivity contribution in [3.8, 4) is 0 Å². The second-order valence-electron chi connectivity index (χ2n) is 11.1. The molecule has 1 saturated heterocycles. The molecule has 1 unspecified atom stereocenters. The molecule has 2 aromatic rings. The van der Waals surface area contributed by atoms with Gasteiger partial charge in [-0.15, -0.1) is 0 Å². The number of nitrogens with one attached hydrogen (secondary N) is 2. The van der Waals surface area contributed by atoms with Crippen molar-refractivity contribution in [2.75, 3.05) is 26.2 Å². The van der Waals surface area contributed by atoms with Crippen molar-refractivity contribution < 1.29 is 22.8 Å². The van der Waals surface area contributed by atoms with E-state index in [1.54, 1.807) is 12.1 Å². The first-order valence-electron chi connectivity index (χ1n) is 14.3. The number of carbonyl (C=O) groups excluding carboxylic acids is 2. The highest BCUT2D eigenvalue weighted by Gasteiger charge is 2.50. The van der Waals surface area contributed by atoms with E-state index in [1.807, 2.05) is 48.6 Å². The molecule has 0 aromatic heterocycles. The van der Waals surface area contributed by atoms with Crippen LogP contribution in [0.3, 0.4) is 0 Å². The van der Waals surface area contributed by atoms with Crippen molar-refractivity contribution in [1.82, 2.24) is 15.5 Å². The van der Waals surface area contributed by atoms with Gasteiger partial charge in [0.25, 0.3) is 5.91 Å². The van der Waals surface area contributed by atoms with Crippen LogP contribution in [0.2, 0.25) is 0 Å². The summed E-state index contributed by atoms with van der Waals surface area (Å²) in [5.41, 5.74) is 3.27. The average Bonchev–Trinajstić information content (AvgIpc) is 3.25. The van der Waals surface area contributed by atoms with E-state index in [-0.39, 0.29) is 11.9 Å². The van der Waals surface area contributed by atoms with Gasteiger partial charge in [-0.2, -0.15) is 13.2 Å². The molecular weight excluding hydrogens is 595 g/mol. The Labute approximate surface area is 247 Å². The molecule has 3 aliphatic rings. The fraction of sp³-hybridized carbons (Fsp3) is 0.438. The van der Waals surface area contributed by atoms with Gasteiger partial charge in [0.05, 0.1) is 5.41 Å². The van der Waals surface area contributed by atoms with Crippen molar-refractivity contribution in [2.45, 2.75) is 62.6 Å². The van der Waals surface area contributed by atoms with E-state index in [9.17, 15) is 22.8 Å². The maximum atomic E-state index is 13.6. The number of rotatable bonds is 9. The van der Waals surface area contributed by atoms with Crippen LogP contribution in [-0.2, 0) is 10.2 Å². The molecular formula is C32H35BrF3N3O2. The molecule has 1 aliphatic heterocycles. The monoisotopic (exact) mass is 629 g/mol. The average molecular weight is 631 g/mol. The molecule has 5 nitrogen and oxygen atoms in total. The third-order valence-electron chi connectivity index (χ3n) is 8.48. The molecule has 5 rings (SSSR count). The second-order valence-corrected chi connectivity index (χ2v) is 12.1. The molecule has 2 aromatic carbocycles. The van der Waals surface area contributed by atoms with E-state index in [2.05, 4.69) is 31.5 Å². The normalized spacial score (nSPS) is 21.0. The lowest BCUT2D eigenvalue weighted by molar-refractivity contribution is -0.141. The largest absolute Gasteiger partial charge is 0.405 e. The molecule has 2 N–H and O–H groups in total. The van der Waals surface area contributed by atoms with Crippen LogP contribution < -0.4 is 10.6 Å². The smallest absolute Gasteiger partial charge is 0.349 e. The van der Waals surface area contributed by atoms with Gasteiger partial charge in [-0.05, 0) is 91.6 Å². The van der Waals surface area contributed by atoms with E-state index in [1.165, 1.54) is 0 Å². The Hall–Kier alpha value is -2.91. The Kier molecular flexibility index (Phi) is 9.04. The zero-order valence-corrected chi connectivity index (χ0v) is 24.5. The standard InChI is InChI=1S/C32H35BrF3N3O2/c33-23-13-11-22(12-14-23)29(40)38-24-15-19-39(20-16-24)18-6-5-17-31(30(41)37-21-32(34,35)36)27-9-3-1-7-25(27)26-8-2-4-10-28(26)31/h1,3-4,7,9-14,24H,2,5-6,8,15-21H2,(H,37,41)(H,38,40). The lowest BCUT2D eigenvalue weighted by atomic mass is 9.71. The molecule has 2 amide bonds. The molecule has 0 bridgehead atoms. The maximum Gasteiger partial charge on any atom is 0.405 e. The minimum atomic E-state index is -4.47. The Morgan fingerprint density at radius 1 is 1.02 bits per heavy atom. The second kappa shape index (κ2) is 12.5. The number of hydrogen-bond acceptors (Lipinski definition) is 3. The van der Waals surface area contributed by atoms with Crippen LogP contribution in [-0.4, -0.2) is 55.1 Å². The van der Waals surface area contributed by atoms with Crippen LogP contribution in [0.5, 0.6) is 0 Å². The number of likely N-dealkylation sites (tertiary alicyclic amines) is 1. The molecule has 218 valence electrons. The number of halogens is 4. The van der Waals surface area contributed by atoms with Crippen molar-refractivity contribution in [1.29, 1.82) is 0 Å². The number of hydrogen-bond donors (Lipinski definition) is 2. The van der Waals surface area contributed by atoms with Gasteiger partial charge >= 0.3 is 6.18 Å². The van der Waals surface area contributed by atoms with E-state index < -0.39 is 24.0 Å². The third kappa shape index (κ3) is 6.61. The van der Waals surface area contributed by atoms with Gasteiger partial charge in [0, 0.05) is 29.2 Å². The molecule has 0 spiro atoms. The molecule has 41 heavy (non-hydrogen) atoms. The summed E-state index contributed by atoms with van der Waals surface area (Å²) in [6.07, 6.45) is 4.86. The van der Waals surface area contributed by atoms with Gasteiger partial charge in [-0.3, -0.25) is 9.59 Å². The van der Waals surface area contributed by atoms with Crippen LogP contribution >= 0.6 is 15.9 Å². The summed E-state index contributed by atoms with van der Waals surface area (Å²) in [7, 11) is 0. The lowest BCUT2D eigenvalue weighted by Gasteiger charge is -2.34. The zero-order valence-electron chi connectivity index (χ0n) is 22.9. The highest BCUT2D eigenvalue weighted by Crippen LogP contribution is 2.52. The summed E-state index contributed by atoms with van der Waals surface area (Å²) in [4.78, 5) is 28.6. The maximum absolute atomic E-state index is 13.6. The van der Waals surface area contributed by atoms with Crippen molar-refractivity contribution in [3.05, 3.63) is 87.4 Å². The number of piperidine rings is 1. The number of allylic oxidation sites excluding steroid dienone is 3. The third-order valence-corrected chi connectivity index (χ3v) is 9.01. The fourth-order valence-corrected chi connectivity index (χ4v) is 6.73. The molecule has 2 aliphatic carbocycles. The van der Waals surface area contributed by atoms with E-state index in [4.69, 9.17) is 0 Å². The lowest BCUT2D eigenvalue weighted by Crippen LogP contribution is -2.47. The Bertz CT molecular complexity index is 1330. The van der Waals surface area contributed by atoms with Crippen LogP contribution in [0.15, 0.2) is 70.7 Å². The van der Waals surface area contributed by atoms with Crippen molar-refractivity contribution >= 4 is 33.3 Å². The number of nitrogens with zero attached hydrogens (tertiary/aromatic N) is 1. The molecule has 1 atom stereocenters. The van der Waals surface area contributed by atoms with Gasteiger partial charge in [-0.25, -0.2) is 0 Å². The Balaban J connectivity index is 1.19. The van der Waals surface area contributed by atoms with Gasteiger partial charge < -0.3 is 15.5 Å². The number of fused-ring (bicyclic) bond motifs is 2. The van der Waals surface area contributed by atoms with Gasteiger partial charge in [0.1, 0.15) is 6.54 Å². The van der Waals surface area contributed by atoms with E-state index >= 15 is 0 Å². The van der Waals surface area contributed by atoms with E-state index in [0.29, 0.717) is 18.4 Å². The zero-order chi connectivity index (χ0) is 29.0. The Morgan fingerprint density at radius 3 is 2.49 bits per heavy atom. The summed E-state index contributed by atoms with van der Waals surface area (Å²) < 4.78 is 40.2. The first-order chi connectivity index (χ1) is 19.7. The van der Waals surface area contributed by atoms with Crippen LogP contribution in [0.25, 0.3) is 5.57 Å². The topological polar surface area (TPSA) is 61.4 Å². The van der Waals surface area contributed by atoms with Crippen molar-refractivity contribution in [2.24, 2.45) is 0 Å². The summed E-state index contributed by atoms with van der Waals surface area (Å²) in [5, 5.41) is 5.36. The molecule has 0 saturated carbocycles. The van der Waals surface area contributed by atoms with Crippen molar-refractivity contribution in [3.63, 3.8) is 0 Å². The number of amides is 2. The van der Waals surface area contributed by atoms with Crippen LogP contribution in [0.4, 0.5) is 13.2 Å². The van der Waals surface area contributed by atoms with Gasteiger partial charge in [0.2, 0.25) is 5.91 Å². The minimum absolute atomic E-state index is 0.0627. The first-order valence-corrected chi connectivity index (χ1v) is 15.1. The van der Waals surface area contributed by atoms with Crippen LogP contribution in [0, 0.1) is 0 Å². The molecule has 1 heterocycles. The summed E-state index contributed by atoms with van der Waals surface area (Å²) >= 11 is 3.39. The van der Waals surface area contributed by atoms with Gasteiger partial charge in [-0.1, -0.05) is 58.8 Å².